The Labute approximate surface area is 254 Å². The number of benzene rings is 2. The summed E-state index contributed by atoms with van der Waals surface area (Å²) in [5, 5.41) is 1.87. The summed E-state index contributed by atoms with van der Waals surface area (Å²) in [7, 11) is 0. The van der Waals surface area contributed by atoms with E-state index in [9.17, 15) is 9.59 Å². The number of nitrogen functional groups attached to an aromatic ring is 1. The van der Waals surface area contributed by atoms with E-state index in [2.05, 4.69) is 30.4 Å². The first-order valence-electron chi connectivity index (χ1n) is 14.7. The van der Waals surface area contributed by atoms with Gasteiger partial charge in [0.15, 0.2) is 11.5 Å². The number of halogens is 1. The SMILES string of the molecule is C=CC(=O)N1CCN(c2nc(=O)n(-c3c(C)cccc3C(C)C)c3nc(-c4nc(N)cc5ccccc45)c(F)cc23)[C@@H](C)C1. The zero-order valence-corrected chi connectivity index (χ0v) is 25.2. The first-order chi connectivity index (χ1) is 21.1. The monoisotopic (exact) mass is 591 g/mol. The fraction of sp³-hybridized carbons (Fsp3) is 0.265. The molecule has 1 aliphatic rings. The molecule has 1 atom stereocenters. The molecule has 1 saturated heterocycles. The van der Waals surface area contributed by atoms with Gasteiger partial charge in [0, 0.05) is 31.1 Å². The third-order valence-electron chi connectivity index (χ3n) is 8.29. The standard InChI is InChI=1S/C34H34FN7O2/c1-6-28(43)40-14-15-41(21(5)18-40)32-25-17-26(35)30(29-24-12-8-7-11-22(24)16-27(36)37-29)38-33(25)42(34(44)39-32)31-20(4)10-9-13-23(31)19(2)3/h6-13,16-17,19,21H,1,14-15,18H2,2-5H3,(H2,36,37)/t21-/m0/s1. The van der Waals surface area contributed by atoms with Gasteiger partial charge in [-0.2, -0.15) is 4.98 Å². The van der Waals surface area contributed by atoms with E-state index in [0.29, 0.717) is 41.9 Å². The Balaban J connectivity index is 1.67. The molecule has 2 aromatic carbocycles. The fourth-order valence-corrected chi connectivity index (χ4v) is 6.15. The van der Waals surface area contributed by atoms with Gasteiger partial charge < -0.3 is 15.5 Å². The predicted molar refractivity (Wildman–Crippen MR) is 173 cm³/mol. The molecule has 2 N–H and O–H groups in total. The maximum atomic E-state index is 16.3. The molecule has 10 heteroatoms. The molecule has 4 heterocycles. The average Bonchev–Trinajstić information content (AvgIpc) is 3.00. The van der Waals surface area contributed by atoms with Crippen molar-refractivity contribution in [2.24, 2.45) is 0 Å². The summed E-state index contributed by atoms with van der Waals surface area (Å²) in [4.78, 5) is 44.0. The van der Waals surface area contributed by atoms with Gasteiger partial charge in [0.25, 0.3) is 0 Å². The lowest BCUT2D eigenvalue weighted by Gasteiger charge is -2.40. The minimum absolute atomic E-state index is 0.0135. The molecule has 0 saturated carbocycles. The Morgan fingerprint density at radius 3 is 2.55 bits per heavy atom. The zero-order chi connectivity index (χ0) is 31.3. The molecule has 0 aliphatic carbocycles. The lowest BCUT2D eigenvalue weighted by atomic mass is 9.98. The van der Waals surface area contributed by atoms with Gasteiger partial charge in [-0.25, -0.2) is 23.7 Å². The smallest absolute Gasteiger partial charge is 0.355 e. The molecule has 3 aromatic heterocycles. The van der Waals surface area contributed by atoms with Crippen molar-refractivity contribution in [3.63, 3.8) is 0 Å². The number of carbonyl (C=O) groups is 1. The largest absolute Gasteiger partial charge is 0.384 e. The minimum Gasteiger partial charge on any atom is -0.384 e. The summed E-state index contributed by atoms with van der Waals surface area (Å²) in [5.74, 6) is -0.140. The first-order valence-corrected chi connectivity index (χ1v) is 14.7. The van der Waals surface area contributed by atoms with E-state index in [1.807, 2.05) is 61.2 Å². The van der Waals surface area contributed by atoms with Crippen LogP contribution in [-0.4, -0.2) is 56.0 Å². The van der Waals surface area contributed by atoms with E-state index in [4.69, 9.17) is 10.7 Å². The van der Waals surface area contributed by atoms with Gasteiger partial charge in [-0.3, -0.25) is 4.79 Å². The van der Waals surface area contributed by atoms with E-state index in [-0.39, 0.29) is 40.7 Å². The van der Waals surface area contributed by atoms with Crippen molar-refractivity contribution in [3.05, 3.63) is 94.7 Å². The van der Waals surface area contributed by atoms with Crippen molar-refractivity contribution in [1.29, 1.82) is 0 Å². The quantitative estimate of drug-likeness (QED) is 0.274. The Morgan fingerprint density at radius 2 is 1.82 bits per heavy atom. The molecule has 224 valence electrons. The summed E-state index contributed by atoms with van der Waals surface area (Å²) < 4.78 is 17.8. The van der Waals surface area contributed by atoms with E-state index in [1.165, 1.54) is 16.7 Å². The molecule has 9 nitrogen and oxygen atoms in total. The molecular formula is C34H34FN7O2. The average molecular weight is 592 g/mol. The van der Waals surface area contributed by atoms with Crippen molar-refractivity contribution in [1.82, 2.24) is 24.4 Å². The van der Waals surface area contributed by atoms with Gasteiger partial charge in [0.2, 0.25) is 5.91 Å². The number of fused-ring (bicyclic) bond motifs is 2. The van der Waals surface area contributed by atoms with Crippen LogP contribution in [0.4, 0.5) is 16.0 Å². The topological polar surface area (TPSA) is 110 Å². The van der Waals surface area contributed by atoms with Crippen LogP contribution >= 0.6 is 0 Å². The molecule has 44 heavy (non-hydrogen) atoms. The highest BCUT2D eigenvalue weighted by atomic mass is 19.1. The van der Waals surface area contributed by atoms with Crippen molar-refractivity contribution in [2.45, 2.75) is 39.7 Å². The Kier molecular flexibility index (Phi) is 7.36. The summed E-state index contributed by atoms with van der Waals surface area (Å²) in [6.07, 6.45) is 1.29. The Morgan fingerprint density at radius 1 is 1.05 bits per heavy atom. The molecule has 0 unspecified atom stereocenters. The summed E-state index contributed by atoms with van der Waals surface area (Å²) in [6.45, 7) is 12.8. The van der Waals surface area contributed by atoms with Gasteiger partial charge in [-0.05, 0) is 54.5 Å². The van der Waals surface area contributed by atoms with Crippen LogP contribution in [-0.2, 0) is 4.79 Å². The molecule has 1 amide bonds. The molecule has 5 aromatic rings. The van der Waals surface area contributed by atoms with Crippen LogP contribution < -0.4 is 16.3 Å². The van der Waals surface area contributed by atoms with Crippen LogP contribution in [0.2, 0.25) is 0 Å². The number of para-hydroxylation sites is 1. The first kappa shape index (κ1) is 29.0. The third-order valence-corrected chi connectivity index (χ3v) is 8.29. The van der Waals surface area contributed by atoms with Crippen molar-refractivity contribution in [3.8, 4) is 17.1 Å². The predicted octanol–water partition coefficient (Wildman–Crippen LogP) is 5.37. The maximum absolute atomic E-state index is 16.3. The number of pyridine rings is 2. The molecule has 1 aliphatic heterocycles. The molecule has 1 fully saturated rings. The number of nitrogens with two attached hydrogens (primary N) is 1. The van der Waals surface area contributed by atoms with Gasteiger partial charge >= 0.3 is 5.69 Å². The Bertz CT molecular complexity index is 2020. The van der Waals surface area contributed by atoms with Gasteiger partial charge in [-0.15, -0.1) is 0 Å². The molecule has 0 bridgehead atoms. The van der Waals surface area contributed by atoms with Crippen molar-refractivity contribution >= 4 is 39.3 Å². The molecule has 0 spiro atoms. The van der Waals surface area contributed by atoms with Gasteiger partial charge in [0.05, 0.1) is 11.1 Å². The number of amides is 1. The van der Waals surface area contributed by atoms with E-state index < -0.39 is 11.5 Å². The molecule has 0 radical (unpaired) electrons. The number of carbonyl (C=O) groups excluding carboxylic acids is 1. The maximum Gasteiger partial charge on any atom is 0.355 e. The number of nitrogens with zero attached hydrogens (tertiary/aromatic N) is 6. The van der Waals surface area contributed by atoms with Gasteiger partial charge in [-0.1, -0.05) is 62.9 Å². The normalized spacial score (nSPS) is 15.4. The number of hydrogen-bond donors (Lipinski definition) is 1. The second-order valence-electron chi connectivity index (χ2n) is 11.6. The number of rotatable bonds is 5. The number of hydrogen-bond acceptors (Lipinski definition) is 7. The molecular weight excluding hydrogens is 557 g/mol. The summed E-state index contributed by atoms with van der Waals surface area (Å²) in [5.41, 5.74) is 8.63. The van der Waals surface area contributed by atoms with Crippen LogP contribution in [0.5, 0.6) is 0 Å². The van der Waals surface area contributed by atoms with Crippen LogP contribution in [0.15, 0.2) is 72.0 Å². The van der Waals surface area contributed by atoms with Crippen LogP contribution in [0.3, 0.4) is 0 Å². The van der Waals surface area contributed by atoms with Crippen molar-refractivity contribution in [2.75, 3.05) is 30.3 Å². The zero-order valence-electron chi connectivity index (χ0n) is 25.2. The van der Waals surface area contributed by atoms with E-state index >= 15 is 4.39 Å². The van der Waals surface area contributed by atoms with Crippen LogP contribution in [0.25, 0.3) is 38.9 Å². The van der Waals surface area contributed by atoms with E-state index in [1.54, 1.807) is 11.0 Å². The molecule has 6 rings (SSSR count). The second kappa shape index (κ2) is 11.2. The lowest BCUT2D eigenvalue weighted by molar-refractivity contribution is -0.126. The van der Waals surface area contributed by atoms with Crippen LogP contribution in [0.1, 0.15) is 37.8 Å². The summed E-state index contributed by atoms with van der Waals surface area (Å²) in [6, 6.07) is 16.2. The van der Waals surface area contributed by atoms with Crippen molar-refractivity contribution < 1.29 is 9.18 Å². The lowest BCUT2D eigenvalue weighted by Crippen LogP contribution is -2.54. The fourth-order valence-electron chi connectivity index (χ4n) is 6.15. The van der Waals surface area contributed by atoms with Gasteiger partial charge in [0.1, 0.15) is 23.0 Å². The minimum atomic E-state index is -0.615. The Hall–Kier alpha value is -5.12. The summed E-state index contributed by atoms with van der Waals surface area (Å²) >= 11 is 0. The number of piperazine rings is 1. The van der Waals surface area contributed by atoms with E-state index in [0.717, 1.165) is 16.5 Å². The highest BCUT2D eigenvalue weighted by molar-refractivity contribution is 5.97. The van der Waals surface area contributed by atoms with Crippen LogP contribution in [0, 0.1) is 12.7 Å². The number of aromatic nitrogens is 4. The number of aryl methyl sites for hydroxylation is 1. The number of anilines is 2. The second-order valence-corrected chi connectivity index (χ2v) is 11.6. The highest BCUT2D eigenvalue weighted by Gasteiger charge is 2.30. The third kappa shape index (κ3) is 4.86. The highest BCUT2D eigenvalue weighted by Crippen LogP contribution is 2.35.